The molecule has 2 N–H and O–H groups in total. The number of nitrogens with two attached hydrogens (primary N) is 1. The molecule has 0 fully saturated rings. The van der Waals surface area contributed by atoms with E-state index in [-0.39, 0.29) is 5.78 Å². The van der Waals surface area contributed by atoms with Gasteiger partial charge in [-0.2, -0.15) is 5.10 Å². The fourth-order valence-electron chi connectivity index (χ4n) is 1.82. The smallest absolute Gasteiger partial charge is 0.183 e. The molecular weight excluding hydrogens is 202 g/mol. The van der Waals surface area contributed by atoms with Crippen molar-refractivity contribution in [1.29, 1.82) is 0 Å². The molecule has 1 unspecified atom stereocenters. The second-order valence-electron chi connectivity index (χ2n) is 4.19. The van der Waals surface area contributed by atoms with Crippen LogP contribution in [-0.4, -0.2) is 22.1 Å². The van der Waals surface area contributed by atoms with Crippen LogP contribution in [0.3, 0.4) is 0 Å². The van der Waals surface area contributed by atoms with E-state index in [4.69, 9.17) is 5.73 Å². The van der Waals surface area contributed by atoms with Gasteiger partial charge in [0.05, 0.1) is 0 Å². The van der Waals surface area contributed by atoms with Crippen LogP contribution in [0.15, 0.2) is 12.3 Å². The van der Waals surface area contributed by atoms with E-state index in [0.29, 0.717) is 24.6 Å². The van der Waals surface area contributed by atoms with Crippen molar-refractivity contribution in [2.24, 2.45) is 18.7 Å². The lowest BCUT2D eigenvalue weighted by molar-refractivity contribution is 0.0967. The van der Waals surface area contributed by atoms with E-state index in [9.17, 15) is 4.79 Å². The van der Waals surface area contributed by atoms with Crippen LogP contribution in [0.1, 0.15) is 43.1 Å². The molecule has 0 saturated carbocycles. The molecule has 0 radical (unpaired) electrons. The maximum Gasteiger partial charge on any atom is 0.183 e. The molecule has 1 atom stereocenters. The largest absolute Gasteiger partial charge is 0.330 e. The topological polar surface area (TPSA) is 60.9 Å². The fraction of sp³-hybridized carbons (Fsp3) is 0.667. The minimum atomic E-state index is 0.135. The number of rotatable bonds is 7. The van der Waals surface area contributed by atoms with Gasteiger partial charge >= 0.3 is 0 Å². The van der Waals surface area contributed by atoms with Crippen LogP contribution in [0, 0.1) is 5.92 Å². The molecule has 0 aliphatic carbocycles. The van der Waals surface area contributed by atoms with Crippen LogP contribution in [0.25, 0.3) is 0 Å². The summed E-state index contributed by atoms with van der Waals surface area (Å²) in [5.74, 6) is 0.703. The Morgan fingerprint density at radius 3 is 2.81 bits per heavy atom. The van der Waals surface area contributed by atoms with Crippen LogP contribution in [0.4, 0.5) is 0 Å². The van der Waals surface area contributed by atoms with E-state index in [1.165, 1.54) is 0 Å². The van der Waals surface area contributed by atoms with Crippen molar-refractivity contribution >= 4 is 5.78 Å². The van der Waals surface area contributed by atoms with E-state index >= 15 is 0 Å². The van der Waals surface area contributed by atoms with Crippen LogP contribution in [-0.2, 0) is 7.05 Å². The van der Waals surface area contributed by atoms with Gasteiger partial charge < -0.3 is 5.73 Å². The van der Waals surface area contributed by atoms with Crippen LogP contribution in [0.5, 0.6) is 0 Å². The summed E-state index contributed by atoms with van der Waals surface area (Å²) in [7, 11) is 1.82. The number of nitrogens with zero attached hydrogens (tertiary/aromatic N) is 2. The molecule has 1 aromatic heterocycles. The van der Waals surface area contributed by atoms with Gasteiger partial charge in [0.15, 0.2) is 5.78 Å². The summed E-state index contributed by atoms with van der Waals surface area (Å²) in [4.78, 5) is 11.8. The summed E-state index contributed by atoms with van der Waals surface area (Å²) in [6.45, 7) is 2.85. The molecule has 0 aliphatic rings. The Kier molecular flexibility index (Phi) is 5.19. The van der Waals surface area contributed by atoms with Crippen LogP contribution >= 0.6 is 0 Å². The molecule has 16 heavy (non-hydrogen) atoms. The molecule has 0 aromatic carbocycles. The number of carbonyl (C=O) groups excluding carboxylic acids is 1. The van der Waals surface area contributed by atoms with Crippen LogP contribution in [0.2, 0.25) is 0 Å². The molecule has 0 saturated heterocycles. The van der Waals surface area contributed by atoms with Crippen molar-refractivity contribution in [1.82, 2.24) is 9.78 Å². The lowest BCUT2D eigenvalue weighted by Crippen LogP contribution is -2.10. The van der Waals surface area contributed by atoms with Crippen molar-refractivity contribution in [3.8, 4) is 0 Å². The van der Waals surface area contributed by atoms with Gasteiger partial charge in [0.2, 0.25) is 0 Å². The highest BCUT2D eigenvalue weighted by Gasteiger charge is 2.12. The Labute approximate surface area is 96.8 Å². The van der Waals surface area contributed by atoms with Gasteiger partial charge in [0.1, 0.15) is 5.69 Å². The third-order valence-corrected chi connectivity index (χ3v) is 2.93. The van der Waals surface area contributed by atoms with Crippen molar-refractivity contribution in [3.63, 3.8) is 0 Å². The average Bonchev–Trinajstić information content (AvgIpc) is 2.70. The van der Waals surface area contributed by atoms with Crippen molar-refractivity contribution in [3.05, 3.63) is 18.0 Å². The molecule has 90 valence electrons. The first-order chi connectivity index (χ1) is 7.67. The molecule has 1 heterocycles. The molecule has 0 amide bonds. The summed E-state index contributed by atoms with van der Waals surface area (Å²) < 4.78 is 1.66. The lowest BCUT2D eigenvalue weighted by atomic mass is 9.95. The summed E-state index contributed by atoms with van der Waals surface area (Å²) >= 11 is 0. The number of hydrogen-bond donors (Lipinski definition) is 1. The maximum atomic E-state index is 11.8. The lowest BCUT2D eigenvalue weighted by Gasteiger charge is -2.11. The SMILES string of the molecule is CCC(CCN)CCC(=O)c1ccn(C)n1. The second kappa shape index (κ2) is 6.43. The Morgan fingerprint density at radius 2 is 2.31 bits per heavy atom. The van der Waals surface area contributed by atoms with Gasteiger partial charge in [-0.1, -0.05) is 13.3 Å². The summed E-state index contributed by atoms with van der Waals surface area (Å²) in [5, 5.41) is 4.10. The van der Waals surface area contributed by atoms with E-state index in [0.717, 1.165) is 19.3 Å². The van der Waals surface area contributed by atoms with Gasteiger partial charge in [-0.3, -0.25) is 9.48 Å². The third-order valence-electron chi connectivity index (χ3n) is 2.93. The van der Waals surface area contributed by atoms with Crippen molar-refractivity contribution in [2.75, 3.05) is 6.54 Å². The standard InChI is InChI=1S/C12H21N3O/c1-3-10(6-8-13)4-5-12(16)11-7-9-15(2)14-11/h7,9-10H,3-6,8,13H2,1-2H3. The number of ketones is 1. The predicted molar refractivity (Wildman–Crippen MR) is 64.2 cm³/mol. The molecular formula is C12H21N3O. The first kappa shape index (κ1) is 12.9. The average molecular weight is 223 g/mol. The number of carbonyl (C=O) groups is 1. The van der Waals surface area contributed by atoms with E-state index in [1.807, 2.05) is 7.05 Å². The molecule has 1 rings (SSSR count). The molecule has 4 heteroatoms. The Hall–Kier alpha value is -1.16. The van der Waals surface area contributed by atoms with E-state index < -0.39 is 0 Å². The number of aryl methyl sites for hydroxylation is 1. The number of Topliss-reactive ketones (excluding diaryl/α,β-unsaturated/α-hetero) is 1. The summed E-state index contributed by atoms with van der Waals surface area (Å²) in [5.41, 5.74) is 6.10. The molecule has 1 aromatic rings. The fourth-order valence-corrected chi connectivity index (χ4v) is 1.82. The van der Waals surface area contributed by atoms with Crippen LogP contribution < -0.4 is 5.73 Å². The summed E-state index contributed by atoms with van der Waals surface area (Å²) in [6.07, 6.45) is 5.39. The highest BCUT2D eigenvalue weighted by Crippen LogP contribution is 2.16. The zero-order chi connectivity index (χ0) is 12.0. The quantitative estimate of drug-likeness (QED) is 0.716. The third kappa shape index (κ3) is 3.77. The highest BCUT2D eigenvalue weighted by atomic mass is 16.1. The minimum Gasteiger partial charge on any atom is -0.330 e. The Balaban J connectivity index is 2.40. The van der Waals surface area contributed by atoms with Gasteiger partial charge in [-0.05, 0) is 31.4 Å². The normalized spacial score (nSPS) is 12.7. The number of hydrogen-bond acceptors (Lipinski definition) is 3. The van der Waals surface area contributed by atoms with Crippen molar-refractivity contribution < 1.29 is 4.79 Å². The van der Waals surface area contributed by atoms with Gasteiger partial charge in [0, 0.05) is 19.7 Å². The number of aromatic nitrogens is 2. The maximum absolute atomic E-state index is 11.8. The monoisotopic (exact) mass is 223 g/mol. The second-order valence-corrected chi connectivity index (χ2v) is 4.19. The molecule has 0 bridgehead atoms. The zero-order valence-electron chi connectivity index (χ0n) is 10.1. The first-order valence-corrected chi connectivity index (χ1v) is 5.90. The summed E-state index contributed by atoms with van der Waals surface area (Å²) in [6, 6.07) is 1.77. The Morgan fingerprint density at radius 1 is 1.56 bits per heavy atom. The first-order valence-electron chi connectivity index (χ1n) is 5.90. The van der Waals surface area contributed by atoms with Crippen molar-refractivity contribution in [2.45, 2.75) is 32.6 Å². The molecule has 0 spiro atoms. The van der Waals surface area contributed by atoms with E-state index in [2.05, 4.69) is 12.0 Å². The zero-order valence-corrected chi connectivity index (χ0v) is 10.1. The predicted octanol–water partition coefficient (Wildman–Crippen LogP) is 1.76. The van der Waals surface area contributed by atoms with Gasteiger partial charge in [-0.15, -0.1) is 0 Å². The van der Waals surface area contributed by atoms with E-state index in [1.54, 1.807) is 16.9 Å². The molecule has 0 aliphatic heterocycles. The highest BCUT2D eigenvalue weighted by molar-refractivity contribution is 5.94. The van der Waals surface area contributed by atoms with Gasteiger partial charge in [-0.25, -0.2) is 0 Å². The van der Waals surface area contributed by atoms with Gasteiger partial charge in [0.25, 0.3) is 0 Å². The Bertz CT molecular complexity index is 333. The minimum absolute atomic E-state index is 0.135. The molecule has 4 nitrogen and oxygen atoms in total.